The van der Waals surface area contributed by atoms with Crippen molar-refractivity contribution in [2.24, 2.45) is 0 Å². The first-order valence-corrected chi connectivity index (χ1v) is 6.04. The summed E-state index contributed by atoms with van der Waals surface area (Å²) in [5.74, 6) is 0.310. The molecule has 0 aliphatic heterocycles. The molecule has 0 bridgehead atoms. The minimum absolute atomic E-state index is 0.235. The van der Waals surface area contributed by atoms with Crippen molar-refractivity contribution in [3.8, 4) is 0 Å². The lowest BCUT2D eigenvalue weighted by atomic mass is 10.1. The van der Waals surface area contributed by atoms with Crippen LogP contribution in [-0.4, -0.2) is 9.78 Å². The van der Waals surface area contributed by atoms with E-state index in [1.54, 1.807) is 23.0 Å². The lowest BCUT2D eigenvalue weighted by Crippen LogP contribution is -2.13. The molecule has 1 atom stereocenters. The molecule has 1 unspecified atom stereocenters. The lowest BCUT2D eigenvalue weighted by Gasteiger charge is -2.15. The number of anilines is 1. The highest BCUT2D eigenvalue weighted by atomic mass is 79.9. The topological polar surface area (TPSA) is 43.8 Å². The van der Waals surface area contributed by atoms with Gasteiger partial charge in [0, 0.05) is 15.6 Å². The maximum Gasteiger partial charge on any atom is 0.128 e. The van der Waals surface area contributed by atoms with Crippen LogP contribution in [0.25, 0.3) is 0 Å². The van der Waals surface area contributed by atoms with Gasteiger partial charge < -0.3 is 5.73 Å². The van der Waals surface area contributed by atoms with Crippen LogP contribution >= 0.6 is 15.9 Å². The van der Waals surface area contributed by atoms with Crippen molar-refractivity contribution in [2.45, 2.75) is 19.9 Å². The van der Waals surface area contributed by atoms with Crippen LogP contribution < -0.4 is 5.73 Å². The van der Waals surface area contributed by atoms with E-state index in [2.05, 4.69) is 21.0 Å². The third-order valence-corrected chi connectivity index (χ3v) is 3.29. The van der Waals surface area contributed by atoms with Gasteiger partial charge in [0.15, 0.2) is 0 Å². The quantitative estimate of drug-likeness (QED) is 0.924. The monoisotopic (exact) mass is 297 g/mol. The second kappa shape index (κ2) is 4.49. The summed E-state index contributed by atoms with van der Waals surface area (Å²) in [4.78, 5) is 0. The third-order valence-electron chi connectivity index (χ3n) is 2.80. The molecule has 0 aliphatic carbocycles. The van der Waals surface area contributed by atoms with Crippen molar-refractivity contribution < 1.29 is 4.39 Å². The number of halogens is 2. The Morgan fingerprint density at radius 2 is 2.18 bits per heavy atom. The van der Waals surface area contributed by atoms with Crippen LogP contribution in [-0.2, 0) is 0 Å². The summed E-state index contributed by atoms with van der Waals surface area (Å²) in [6, 6.07) is 4.61. The van der Waals surface area contributed by atoms with Crippen molar-refractivity contribution in [1.82, 2.24) is 9.78 Å². The van der Waals surface area contributed by atoms with Gasteiger partial charge in [-0.05, 0) is 32.0 Å². The van der Waals surface area contributed by atoms with E-state index in [1.165, 1.54) is 6.07 Å². The van der Waals surface area contributed by atoms with Gasteiger partial charge in [0.2, 0.25) is 0 Å². The molecule has 0 aliphatic rings. The van der Waals surface area contributed by atoms with Crippen molar-refractivity contribution >= 4 is 21.7 Å². The number of rotatable bonds is 2. The second-order valence-corrected chi connectivity index (χ2v) is 4.91. The lowest BCUT2D eigenvalue weighted by molar-refractivity contribution is 0.526. The molecule has 17 heavy (non-hydrogen) atoms. The molecule has 1 aromatic carbocycles. The van der Waals surface area contributed by atoms with Crippen molar-refractivity contribution in [2.75, 3.05) is 5.73 Å². The van der Waals surface area contributed by atoms with Gasteiger partial charge >= 0.3 is 0 Å². The van der Waals surface area contributed by atoms with Crippen molar-refractivity contribution in [1.29, 1.82) is 0 Å². The van der Waals surface area contributed by atoms with Crippen LogP contribution in [0.3, 0.4) is 0 Å². The fraction of sp³-hybridized carbons (Fsp3) is 0.250. The van der Waals surface area contributed by atoms with Crippen LogP contribution in [0.1, 0.15) is 24.1 Å². The average Bonchev–Trinajstić information content (AvgIpc) is 2.62. The summed E-state index contributed by atoms with van der Waals surface area (Å²) in [5, 5.41) is 4.17. The number of nitrogens with two attached hydrogens (primary N) is 1. The molecular weight excluding hydrogens is 285 g/mol. The normalized spacial score (nSPS) is 12.7. The van der Waals surface area contributed by atoms with Gasteiger partial charge in [-0.1, -0.05) is 15.9 Å². The summed E-state index contributed by atoms with van der Waals surface area (Å²) < 4.78 is 16.2. The Balaban J connectivity index is 2.47. The standard InChI is InChI=1S/C12H13BrFN3/c1-7-6-16-17(12(7)15)8(2)10-5-9(13)3-4-11(10)14/h3-6,8H,15H2,1-2H3. The number of hydrogen-bond donors (Lipinski definition) is 1. The Morgan fingerprint density at radius 3 is 2.76 bits per heavy atom. The smallest absolute Gasteiger partial charge is 0.128 e. The van der Waals surface area contributed by atoms with E-state index in [0.29, 0.717) is 11.4 Å². The molecule has 0 spiro atoms. The first-order chi connectivity index (χ1) is 8.00. The van der Waals surface area contributed by atoms with Gasteiger partial charge in [-0.3, -0.25) is 0 Å². The molecule has 1 aromatic heterocycles. The first-order valence-electron chi connectivity index (χ1n) is 5.25. The van der Waals surface area contributed by atoms with Crippen molar-refractivity contribution in [3.63, 3.8) is 0 Å². The molecule has 0 amide bonds. The minimum atomic E-state index is -0.256. The summed E-state index contributed by atoms with van der Waals surface area (Å²) in [5.41, 5.74) is 7.35. The van der Waals surface area contributed by atoms with Gasteiger partial charge in [0.05, 0.1) is 12.2 Å². The highest BCUT2D eigenvalue weighted by molar-refractivity contribution is 9.10. The zero-order valence-corrected chi connectivity index (χ0v) is 11.2. The number of nitrogens with zero attached hydrogens (tertiary/aromatic N) is 2. The van der Waals surface area contributed by atoms with E-state index in [9.17, 15) is 4.39 Å². The molecule has 5 heteroatoms. The van der Waals surface area contributed by atoms with Gasteiger partial charge in [-0.2, -0.15) is 5.10 Å². The van der Waals surface area contributed by atoms with Gasteiger partial charge in [0.1, 0.15) is 11.6 Å². The van der Waals surface area contributed by atoms with Crippen LogP contribution in [0.15, 0.2) is 28.9 Å². The molecule has 3 nitrogen and oxygen atoms in total. The van der Waals surface area contributed by atoms with Gasteiger partial charge in [-0.25, -0.2) is 9.07 Å². The second-order valence-electron chi connectivity index (χ2n) is 4.00. The Kier molecular flexibility index (Phi) is 3.19. The van der Waals surface area contributed by atoms with E-state index in [-0.39, 0.29) is 11.9 Å². The van der Waals surface area contributed by atoms with Gasteiger partial charge in [0.25, 0.3) is 0 Å². The SMILES string of the molecule is Cc1cnn(C(C)c2cc(Br)ccc2F)c1N. The summed E-state index contributed by atoms with van der Waals surface area (Å²) in [6.07, 6.45) is 1.68. The molecule has 0 fully saturated rings. The molecule has 2 aromatic rings. The minimum Gasteiger partial charge on any atom is -0.384 e. The van der Waals surface area contributed by atoms with Crippen LogP contribution in [0.4, 0.5) is 10.2 Å². The Labute approximate surface area is 108 Å². The van der Waals surface area contributed by atoms with Crippen LogP contribution in [0.5, 0.6) is 0 Å². The Bertz CT molecular complexity index is 551. The van der Waals surface area contributed by atoms with Gasteiger partial charge in [-0.15, -0.1) is 0 Å². The molecule has 1 heterocycles. The summed E-state index contributed by atoms with van der Waals surface area (Å²) in [7, 11) is 0. The largest absolute Gasteiger partial charge is 0.384 e. The Hall–Kier alpha value is -1.36. The maximum atomic E-state index is 13.7. The predicted octanol–water partition coefficient (Wildman–Crippen LogP) is 3.28. The maximum absolute atomic E-state index is 13.7. The molecule has 0 saturated carbocycles. The fourth-order valence-electron chi connectivity index (χ4n) is 1.73. The average molecular weight is 298 g/mol. The third kappa shape index (κ3) is 2.20. The molecular formula is C12H13BrFN3. The van der Waals surface area contributed by atoms with E-state index in [1.807, 2.05) is 13.8 Å². The number of aromatic nitrogens is 2. The zero-order chi connectivity index (χ0) is 12.6. The molecule has 2 N–H and O–H groups in total. The van der Waals surface area contributed by atoms with E-state index >= 15 is 0 Å². The first kappa shape index (κ1) is 12.1. The zero-order valence-electron chi connectivity index (χ0n) is 9.61. The van der Waals surface area contributed by atoms with E-state index in [0.717, 1.165) is 10.0 Å². The highest BCUT2D eigenvalue weighted by Crippen LogP contribution is 2.26. The molecule has 0 radical (unpaired) electrons. The number of nitrogen functional groups attached to an aromatic ring is 1. The van der Waals surface area contributed by atoms with Crippen molar-refractivity contribution in [3.05, 3.63) is 45.8 Å². The van der Waals surface area contributed by atoms with E-state index < -0.39 is 0 Å². The number of benzene rings is 1. The summed E-state index contributed by atoms with van der Waals surface area (Å²) >= 11 is 3.33. The molecule has 90 valence electrons. The van der Waals surface area contributed by atoms with E-state index in [4.69, 9.17) is 5.73 Å². The fourth-order valence-corrected chi connectivity index (χ4v) is 2.11. The highest BCUT2D eigenvalue weighted by Gasteiger charge is 2.16. The number of hydrogen-bond acceptors (Lipinski definition) is 2. The summed E-state index contributed by atoms with van der Waals surface area (Å²) in [6.45, 7) is 3.75. The molecule has 0 saturated heterocycles. The van der Waals surface area contributed by atoms with Crippen LogP contribution in [0, 0.1) is 12.7 Å². The number of aryl methyl sites for hydroxylation is 1. The predicted molar refractivity (Wildman–Crippen MR) is 69.3 cm³/mol. The Morgan fingerprint density at radius 1 is 1.47 bits per heavy atom. The van der Waals surface area contributed by atoms with Crippen LogP contribution in [0.2, 0.25) is 0 Å². The molecule has 2 rings (SSSR count).